The van der Waals surface area contributed by atoms with Gasteiger partial charge in [0.15, 0.2) is 5.78 Å². The molecule has 0 radical (unpaired) electrons. The van der Waals surface area contributed by atoms with Gasteiger partial charge in [-0.2, -0.15) is 5.10 Å². The molecule has 0 bridgehead atoms. The summed E-state index contributed by atoms with van der Waals surface area (Å²) in [7, 11) is 0. The Balaban J connectivity index is 2.19. The maximum absolute atomic E-state index is 12.3. The minimum absolute atomic E-state index is 0.117. The summed E-state index contributed by atoms with van der Waals surface area (Å²) in [5.74, 6) is -0.117. The largest absolute Gasteiger partial charge is 0.289 e. The minimum Gasteiger partial charge on any atom is -0.289 e. The van der Waals surface area contributed by atoms with Crippen LogP contribution in [-0.4, -0.2) is 22.4 Å². The van der Waals surface area contributed by atoms with E-state index in [4.69, 9.17) is 23.2 Å². The van der Waals surface area contributed by atoms with Gasteiger partial charge in [0.05, 0.1) is 5.04 Å². The fraction of sp³-hybridized carbons (Fsp3) is 0.333. The predicted octanol–water partition coefficient (Wildman–Crippen LogP) is 5.20. The number of allylic oxidation sites excluding steroid dienone is 1. The van der Waals surface area contributed by atoms with Gasteiger partial charge < -0.3 is 0 Å². The van der Waals surface area contributed by atoms with Crippen molar-refractivity contribution in [2.75, 3.05) is 6.54 Å². The van der Waals surface area contributed by atoms with Crippen molar-refractivity contribution in [2.24, 2.45) is 5.10 Å². The maximum Gasteiger partial charge on any atom is 0.188 e. The van der Waals surface area contributed by atoms with Crippen LogP contribution >= 0.6 is 35.0 Å². The molecule has 1 heterocycles. The second kappa shape index (κ2) is 7.34. The molecule has 0 spiro atoms. The molecule has 0 unspecified atom stereocenters. The summed E-state index contributed by atoms with van der Waals surface area (Å²) in [6, 6.07) is 4.85. The highest BCUT2D eigenvalue weighted by Crippen LogP contribution is 2.30. The fourth-order valence-corrected chi connectivity index (χ4v) is 3.28. The molecule has 2 rings (SSSR count). The molecule has 6 heteroatoms. The van der Waals surface area contributed by atoms with Crippen molar-refractivity contribution in [3.63, 3.8) is 0 Å². The molecule has 0 aromatic heterocycles. The molecule has 1 aromatic carbocycles. The van der Waals surface area contributed by atoms with Crippen LogP contribution in [0.3, 0.4) is 0 Å². The van der Waals surface area contributed by atoms with Crippen molar-refractivity contribution in [3.05, 3.63) is 44.9 Å². The van der Waals surface area contributed by atoms with E-state index in [1.54, 1.807) is 24.3 Å². The summed E-state index contributed by atoms with van der Waals surface area (Å²) in [4.78, 5) is 12.3. The van der Waals surface area contributed by atoms with Gasteiger partial charge in [-0.3, -0.25) is 9.80 Å². The zero-order valence-electron chi connectivity index (χ0n) is 11.9. The summed E-state index contributed by atoms with van der Waals surface area (Å²) >= 11 is 13.4. The Morgan fingerprint density at radius 2 is 2.00 bits per heavy atom. The lowest BCUT2D eigenvalue weighted by Gasteiger charge is -2.14. The zero-order chi connectivity index (χ0) is 15.4. The van der Waals surface area contributed by atoms with E-state index < -0.39 is 0 Å². The summed E-state index contributed by atoms with van der Waals surface area (Å²) < 4.78 is 0. The molecule has 0 N–H and O–H groups in total. The number of rotatable bonds is 5. The van der Waals surface area contributed by atoms with Gasteiger partial charge in [0.25, 0.3) is 0 Å². The second-order valence-corrected chi connectivity index (χ2v) is 6.79. The number of hydrogen-bond donors (Lipinski definition) is 0. The smallest absolute Gasteiger partial charge is 0.188 e. The molecular weight excluding hydrogens is 327 g/mol. The predicted molar refractivity (Wildman–Crippen MR) is 91.2 cm³/mol. The number of unbranched alkanes of at least 4 members (excludes halogenated alkanes) is 1. The van der Waals surface area contributed by atoms with Crippen molar-refractivity contribution >= 4 is 45.8 Å². The van der Waals surface area contributed by atoms with E-state index in [-0.39, 0.29) is 5.78 Å². The number of nitrogens with zero attached hydrogens (tertiary/aromatic N) is 2. The normalized spacial score (nSPS) is 16.5. The van der Waals surface area contributed by atoms with Gasteiger partial charge in [-0.25, -0.2) is 0 Å². The number of ketones is 1. The van der Waals surface area contributed by atoms with Crippen molar-refractivity contribution in [1.29, 1.82) is 0 Å². The first kappa shape index (κ1) is 16.4. The fourth-order valence-electron chi connectivity index (χ4n) is 1.91. The monoisotopic (exact) mass is 342 g/mol. The average molecular weight is 343 g/mol. The first-order valence-corrected chi connectivity index (χ1v) is 8.29. The standard InChI is InChI=1S/C15H16Cl2N2OS/c1-3-4-5-19-15(21-10(2)18-19)9-14(20)11-6-12(16)8-13(17)7-11/h6-9H,3-5H2,1-2H3. The number of thioether (sulfide) groups is 1. The van der Waals surface area contributed by atoms with Crippen LogP contribution in [0, 0.1) is 0 Å². The molecule has 0 aliphatic carbocycles. The topological polar surface area (TPSA) is 32.7 Å². The Bertz CT molecular complexity index is 593. The summed E-state index contributed by atoms with van der Waals surface area (Å²) in [5, 5.41) is 9.01. The lowest BCUT2D eigenvalue weighted by Crippen LogP contribution is -2.14. The number of hydrazone groups is 1. The van der Waals surface area contributed by atoms with Crippen molar-refractivity contribution in [2.45, 2.75) is 26.7 Å². The van der Waals surface area contributed by atoms with E-state index >= 15 is 0 Å². The zero-order valence-corrected chi connectivity index (χ0v) is 14.2. The van der Waals surface area contributed by atoms with Gasteiger partial charge in [-0.1, -0.05) is 48.3 Å². The third kappa shape index (κ3) is 4.50. The third-order valence-corrected chi connectivity index (χ3v) is 4.24. The Morgan fingerprint density at radius 3 is 2.62 bits per heavy atom. The van der Waals surface area contributed by atoms with Crippen molar-refractivity contribution in [3.8, 4) is 0 Å². The van der Waals surface area contributed by atoms with E-state index in [9.17, 15) is 4.79 Å². The molecule has 0 saturated carbocycles. The number of benzene rings is 1. The first-order chi connectivity index (χ1) is 9.99. The van der Waals surface area contributed by atoms with Crippen LogP contribution in [0.1, 0.15) is 37.0 Å². The van der Waals surface area contributed by atoms with Crippen LogP contribution in [0.5, 0.6) is 0 Å². The van der Waals surface area contributed by atoms with Crippen LogP contribution in [-0.2, 0) is 0 Å². The highest BCUT2D eigenvalue weighted by Gasteiger charge is 2.20. The van der Waals surface area contributed by atoms with Gasteiger partial charge in [0, 0.05) is 28.2 Å². The van der Waals surface area contributed by atoms with Crippen molar-refractivity contribution in [1.82, 2.24) is 5.01 Å². The first-order valence-electron chi connectivity index (χ1n) is 6.72. The third-order valence-electron chi connectivity index (χ3n) is 2.89. The summed E-state index contributed by atoms with van der Waals surface area (Å²) in [5.41, 5.74) is 0.487. The average Bonchev–Trinajstić information content (AvgIpc) is 2.75. The van der Waals surface area contributed by atoms with Crippen LogP contribution in [0.15, 0.2) is 34.4 Å². The number of halogens is 2. The highest BCUT2D eigenvalue weighted by molar-refractivity contribution is 8.17. The maximum atomic E-state index is 12.3. The molecule has 0 atom stereocenters. The van der Waals surface area contributed by atoms with Gasteiger partial charge in [-0.15, -0.1) is 0 Å². The molecule has 1 aliphatic rings. The quantitative estimate of drug-likeness (QED) is 0.544. The Labute approximate surface area is 139 Å². The summed E-state index contributed by atoms with van der Waals surface area (Å²) in [6.07, 6.45) is 3.72. The Kier molecular flexibility index (Phi) is 5.73. The summed E-state index contributed by atoms with van der Waals surface area (Å²) in [6.45, 7) is 4.88. The minimum atomic E-state index is -0.117. The van der Waals surface area contributed by atoms with Crippen LogP contribution in [0.25, 0.3) is 0 Å². The van der Waals surface area contributed by atoms with E-state index in [0.29, 0.717) is 15.6 Å². The van der Waals surface area contributed by atoms with Gasteiger partial charge in [0.1, 0.15) is 5.03 Å². The second-order valence-electron chi connectivity index (χ2n) is 4.70. The molecule has 112 valence electrons. The lowest BCUT2D eigenvalue weighted by atomic mass is 10.1. The molecule has 1 aliphatic heterocycles. The van der Waals surface area contributed by atoms with Crippen molar-refractivity contribution < 1.29 is 4.79 Å². The van der Waals surface area contributed by atoms with Gasteiger partial charge in [-0.05, 0) is 31.5 Å². The van der Waals surface area contributed by atoms with E-state index in [1.165, 1.54) is 11.8 Å². The lowest BCUT2D eigenvalue weighted by molar-refractivity contribution is 0.104. The number of carbonyl (C=O) groups excluding carboxylic acids is 1. The molecule has 0 fully saturated rings. The molecule has 1 aromatic rings. The molecule has 0 saturated heterocycles. The van der Waals surface area contributed by atoms with Gasteiger partial charge >= 0.3 is 0 Å². The van der Waals surface area contributed by atoms with Crippen LogP contribution in [0.4, 0.5) is 0 Å². The van der Waals surface area contributed by atoms with E-state index in [2.05, 4.69) is 12.0 Å². The van der Waals surface area contributed by atoms with E-state index in [1.807, 2.05) is 11.9 Å². The highest BCUT2D eigenvalue weighted by atomic mass is 35.5. The van der Waals surface area contributed by atoms with Gasteiger partial charge in [0.2, 0.25) is 0 Å². The number of hydrogen-bond acceptors (Lipinski definition) is 4. The molecule has 3 nitrogen and oxygen atoms in total. The Hall–Kier alpha value is -0.970. The Morgan fingerprint density at radius 1 is 1.33 bits per heavy atom. The molecule has 21 heavy (non-hydrogen) atoms. The molecule has 0 amide bonds. The van der Waals surface area contributed by atoms with Crippen LogP contribution < -0.4 is 0 Å². The van der Waals surface area contributed by atoms with Crippen LogP contribution in [0.2, 0.25) is 10.0 Å². The van der Waals surface area contributed by atoms with E-state index in [0.717, 1.165) is 29.5 Å². The SMILES string of the molecule is CCCCN1N=C(C)SC1=CC(=O)c1cc(Cl)cc(Cl)c1. The number of carbonyl (C=O) groups is 1. The molecular formula is C15H16Cl2N2OS.